The van der Waals surface area contributed by atoms with Crippen LogP contribution in [0.25, 0.3) is 0 Å². The zero-order chi connectivity index (χ0) is 16.6. The van der Waals surface area contributed by atoms with Crippen molar-refractivity contribution in [1.29, 1.82) is 0 Å². The number of likely N-dealkylation sites (N-methyl/N-ethyl adjacent to an activating group) is 1. The molecule has 1 aliphatic rings. The van der Waals surface area contributed by atoms with E-state index < -0.39 is 0 Å². The van der Waals surface area contributed by atoms with Crippen molar-refractivity contribution in [2.45, 2.75) is 52.1 Å². The van der Waals surface area contributed by atoms with Crippen LogP contribution in [0.5, 0.6) is 0 Å². The van der Waals surface area contributed by atoms with Gasteiger partial charge in [0.1, 0.15) is 5.82 Å². The van der Waals surface area contributed by atoms with Crippen molar-refractivity contribution in [2.75, 3.05) is 13.6 Å². The summed E-state index contributed by atoms with van der Waals surface area (Å²) < 4.78 is 15.7. The molecule has 2 nitrogen and oxygen atoms in total. The summed E-state index contributed by atoms with van der Waals surface area (Å²) in [6.07, 6.45) is 4.49. The third-order valence-electron chi connectivity index (χ3n) is 5.39. The highest BCUT2D eigenvalue weighted by Crippen LogP contribution is 2.35. The Morgan fingerprint density at radius 3 is 2.57 bits per heavy atom. The first kappa shape index (κ1) is 16.3. The third kappa shape index (κ3) is 3.07. The van der Waals surface area contributed by atoms with Gasteiger partial charge in [-0.2, -0.15) is 0 Å². The van der Waals surface area contributed by atoms with E-state index in [0.717, 1.165) is 25.9 Å². The van der Waals surface area contributed by atoms with Crippen LogP contribution in [0.4, 0.5) is 4.39 Å². The Hall–Kier alpha value is -1.61. The van der Waals surface area contributed by atoms with Gasteiger partial charge in [-0.15, -0.1) is 0 Å². The average molecular weight is 314 g/mol. The fourth-order valence-electron chi connectivity index (χ4n) is 4.01. The summed E-state index contributed by atoms with van der Waals surface area (Å²) in [5.41, 5.74) is 5.62. The van der Waals surface area contributed by atoms with Crippen LogP contribution in [0.3, 0.4) is 0 Å². The van der Waals surface area contributed by atoms with E-state index in [-0.39, 0.29) is 5.82 Å². The lowest BCUT2D eigenvalue weighted by atomic mass is 9.89. The van der Waals surface area contributed by atoms with E-state index in [1.54, 1.807) is 12.1 Å². The number of nitrogens with zero attached hydrogens (tertiary/aromatic N) is 2. The van der Waals surface area contributed by atoms with Crippen molar-refractivity contribution in [2.24, 2.45) is 0 Å². The Labute approximate surface area is 138 Å². The van der Waals surface area contributed by atoms with Crippen molar-refractivity contribution in [3.05, 3.63) is 58.7 Å². The van der Waals surface area contributed by atoms with Gasteiger partial charge in [0.25, 0.3) is 0 Å². The molecule has 0 aliphatic carbocycles. The summed E-state index contributed by atoms with van der Waals surface area (Å²) in [5, 5.41) is 0. The van der Waals surface area contributed by atoms with E-state index in [2.05, 4.69) is 43.5 Å². The molecule has 2 aromatic rings. The van der Waals surface area contributed by atoms with Crippen molar-refractivity contribution >= 4 is 0 Å². The minimum Gasteiger partial charge on any atom is -0.347 e. The van der Waals surface area contributed by atoms with Crippen LogP contribution >= 0.6 is 0 Å². The quantitative estimate of drug-likeness (QED) is 0.795. The summed E-state index contributed by atoms with van der Waals surface area (Å²) >= 11 is 0. The van der Waals surface area contributed by atoms with E-state index in [9.17, 15) is 4.39 Å². The Morgan fingerprint density at radius 2 is 1.91 bits per heavy atom. The first-order valence-electron chi connectivity index (χ1n) is 8.64. The molecule has 2 atom stereocenters. The number of hydrogen-bond donors (Lipinski definition) is 0. The maximum atomic E-state index is 13.2. The van der Waals surface area contributed by atoms with Crippen LogP contribution < -0.4 is 0 Å². The highest BCUT2D eigenvalue weighted by Gasteiger charge is 2.26. The maximum absolute atomic E-state index is 13.2. The summed E-state index contributed by atoms with van der Waals surface area (Å²) in [7, 11) is 2.19. The molecule has 0 N–H and O–H groups in total. The van der Waals surface area contributed by atoms with Gasteiger partial charge in [-0.1, -0.05) is 19.1 Å². The van der Waals surface area contributed by atoms with Crippen LogP contribution in [0.15, 0.2) is 30.5 Å². The first-order chi connectivity index (χ1) is 11.0. The van der Waals surface area contributed by atoms with E-state index in [0.29, 0.717) is 12.0 Å². The summed E-state index contributed by atoms with van der Waals surface area (Å²) in [6, 6.07) is 7.43. The fourth-order valence-corrected chi connectivity index (χ4v) is 4.01. The van der Waals surface area contributed by atoms with Gasteiger partial charge in [-0.3, -0.25) is 0 Å². The van der Waals surface area contributed by atoms with Crippen molar-refractivity contribution < 1.29 is 4.39 Å². The van der Waals surface area contributed by atoms with Crippen LogP contribution in [-0.2, 0) is 13.0 Å². The molecule has 3 rings (SSSR count). The number of benzene rings is 1. The van der Waals surface area contributed by atoms with Gasteiger partial charge in [-0.05, 0) is 56.1 Å². The normalized spacial score (nSPS) is 17.8. The molecule has 124 valence electrons. The molecule has 3 heteroatoms. The molecule has 0 radical (unpaired) electrons. The predicted octanol–water partition coefficient (Wildman–Crippen LogP) is 4.68. The molecule has 2 heterocycles. The van der Waals surface area contributed by atoms with Gasteiger partial charge in [0.2, 0.25) is 0 Å². The Morgan fingerprint density at radius 1 is 1.22 bits per heavy atom. The SMILES string of the molecule is CCC(c1ccc(F)cc1)C(C)n1cc(C)c2c1CCN(C)C2. The summed E-state index contributed by atoms with van der Waals surface area (Å²) in [4.78, 5) is 2.39. The molecule has 23 heavy (non-hydrogen) atoms. The zero-order valence-electron chi connectivity index (χ0n) is 14.6. The highest BCUT2D eigenvalue weighted by molar-refractivity contribution is 5.34. The van der Waals surface area contributed by atoms with Gasteiger partial charge in [0.05, 0.1) is 0 Å². The van der Waals surface area contributed by atoms with Crippen molar-refractivity contribution in [1.82, 2.24) is 9.47 Å². The van der Waals surface area contributed by atoms with Gasteiger partial charge in [-0.25, -0.2) is 4.39 Å². The second-order valence-electron chi connectivity index (χ2n) is 6.94. The standard InChI is InChI=1S/C20H27FN2/c1-5-18(16-6-8-17(21)9-7-16)15(3)23-12-14(2)19-13-22(4)11-10-20(19)23/h6-9,12,15,18H,5,10-11,13H2,1-4H3. The Bertz CT molecular complexity index is 672. The lowest BCUT2D eigenvalue weighted by Gasteiger charge is -2.30. The maximum Gasteiger partial charge on any atom is 0.123 e. The van der Waals surface area contributed by atoms with E-state index in [1.165, 1.54) is 22.4 Å². The van der Waals surface area contributed by atoms with Crippen LogP contribution in [0, 0.1) is 12.7 Å². The van der Waals surface area contributed by atoms with Crippen LogP contribution in [0.1, 0.15) is 54.6 Å². The summed E-state index contributed by atoms with van der Waals surface area (Å²) in [5.74, 6) is 0.250. The molecule has 1 aromatic heterocycles. The molecule has 0 spiro atoms. The molecule has 1 aromatic carbocycles. The molecular weight excluding hydrogens is 287 g/mol. The molecule has 0 amide bonds. The van der Waals surface area contributed by atoms with Crippen molar-refractivity contribution in [3.63, 3.8) is 0 Å². The fraction of sp³-hybridized carbons (Fsp3) is 0.500. The topological polar surface area (TPSA) is 8.17 Å². The zero-order valence-corrected chi connectivity index (χ0v) is 14.6. The van der Waals surface area contributed by atoms with E-state index >= 15 is 0 Å². The number of aromatic nitrogens is 1. The lowest BCUT2D eigenvalue weighted by molar-refractivity contribution is 0.302. The Balaban J connectivity index is 1.94. The second-order valence-corrected chi connectivity index (χ2v) is 6.94. The second kappa shape index (κ2) is 6.48. The lowest BCUT2D eigenvalue weighted by Crippen LogP contribution is -2.28. The Kier molecular flexibility index (Phi) is 4.58. The molecule has 2 unspecified atom stereocenters. The number of hydrogen-bond acceptors (Lipinski definition) is 1. The molecule has 0 saturated heterocycles. The van der Waals surface area contributed by atoms with Crippen LogP contribution in [0.2, 0.25) is 0 Å². The highest BCUT2D eigenvalue weighted by atomic mass is 19.1. The first-order valence-corrected chi connectivity index (χ1v) is 8.64. The predicted molar refractivity (Wildman–Crippen MR) is 93.4 cm³/mol. The van der Waals surface area contributed by atoms with Crippen LogP contribution in [-0.4, -0.2) is 23.1 Å². The van der Waals surface area contributed by atoms with Gasteiger partial charge >= 0.3 is 0 Å². The number of rotatable bonds is 4. The molecule has 1 aliphatic heterocycles. The van der Waals surface area contributed by atoms with Gasteiger partial charge in [0.15, 0.2) is 0 Å². The molecular formula is C20H27FN2. The molecule has 0 bridgehead atoms. The monoisotopic (exact) mass is 314 g/mol. The van der Waals surface area contributed by atoms with E-state index in [4.69, 9.17) is 0 Å². The third-order valence-corrected chi connectivity index (χ3v) is 5.39. The molecule has 0 fully saturated rings. The number of fused-ring (bicyclic) bond motifs is 1. The summed E-state index contributed by atoms with van der Waals surface area (Å²) in [6.45, 7) is 8.92. The smallest absolute Gasteiger partial charge is 0.123 e. The molecule has 0 saturated carbocycles. The van der Waals surface area contributed by atoms with Gasteiger partial charge in [0, 0.05) is 43.4 Å². The van der Waals surface area contributed by atoms with Crippen molar-refractivity contribution in [3.8, 4) is 0 Å². The van der Waals surface area contributed by atoms with Gasteiger partial charge < -0.3 is 9.47 Å². The largest absolute Gasteiger partial charge is 0.347 e. The number of aryl methyl sites for hydroxylation is 1. The average Bonchev–Trinajstić information content (AvgIpc) is 2.86. The minimum atomic E-state index is -0.159. The number of halogens is 1. The van der Waals surface area contributed by atoms with E-state index in [1.807, 2.05) is 12.1 Å². The minimum absolute atomic E-state index is 0.159.